The minimum atomic E-state index is -0.267. The minimum absolute atomic E-state index is 0.119. The Morgan fingerprint density at radius 2 is 2.00 bits per heavy atom. The van der Waals surface area contributed by atoms with Crippen LogP contribution in [-0.2, 0) is 18.4 Å². The maximum Gasteiger partial charge on any atom is 0.410 e. The van der Waals surface area contributed by atoms with Crippen LogP contribution in [0.1, 0.15) is 69.7 Å². The van der Waals surface area contributed by atoms with Gasteiger partial charge >= 0.3 is 6.09 Å². The predicted octanol–water partition coefficient (Wildman–Crippen LogP) is 4.66. The van der Waals surface area contributed by atoms with Gasteiger partial charge in [-0.2, -0.15) is 0 Å². The van der Waals surface area contributed by atoms with E-state index in [1.54, 1.807) is 11.7 Å². The van der Waals surface area contributed by atoms with Gasteiger partial charge in [0, 0.05) is 20.1 Å². The number of aryl methyl sites for hydroxylation is 2. The highest BCUT2D eigenvalue weighted by Gasteiger charge is 2.27. The zero-order chi connectivity index (χ0) is 22.5. The Labute approximate surface area is 190 Å². The van der Waals surface area contributed by atoms with Crippen molar-refractivity contribution < 1.29 is 14.3 Å². The lowest BCUT2D eigenvalue weighted by Crippen LogP contribution is -2.29. The van der Waals surface area contributed by atoms with Crippen LogP contribution in [0, 0.1) is 12.8 Å². The van der Waals surface area contributed by atoms with E-state index in [0.717, 1.165) is 62.3 Å². The van der Waals surface area contributed by atoms with Crippen LogP contribution >= 0.6 is 0 Å². The number of ether oxygens (including phenoxy) is 2. The molecule has 0 bridgehead atoms. The lowest BCUT2D eigenvalue weighted by Gasteiger charge is -2.23. The fourth-order valence-electron chi connectivity index (χ4n) is 4.77. The Morgan fingerprint density at radius 3 is 2.75 bits per heavy atom. The number of rotatable bonds is 7. The summed E-state index contributed by atoms with van der Waals surface area (Å²) in [5.74, 6) is 1.41. The van der Waals surface area contributed by atoms with Crippen LogP contribution in [0.15, 0.2) is 12.1 Å². The van der Waals surface area contributed by atoms with Crippen LogP contribution in [0.2, 0.25) is 0 Å². The molecule has 1 amide bonds. The van der Waals surface area contributed by atoms with Crippen LogP contribution in [0.25, 0.3) is 11.4 Å². The van der Waals surface area contributed by atoms with Gasteiger partial charge in [-0.15, -0.1) is 5.10 Å². The molecule has 1 aliphatic heterocycles. The molecule has 32 heavy (non-hydrogen) atoms. The number of carbonyl (C=O) groups is 1. The average molecular weight is 442 g/mol. The first-order valence-electron chi connectivity index (χ1n) is 12.0. The molecular formula is C24H35N5O3. The third kappa shape index (κ3) is 5.22. The Balaban J connectivity index is 1.41. The van der Waals surface area contributed by atoms with Crippen molar-refractivity contribution >= 4 is 6.09 Å². The second-order valence-electron chi connectivity index (χ2n) is 9.11. The van der Waals surface area contributed by atoms with Gasteiger partial charge in [0.2, 0.25) is 0 Å². The summed E-state index contributed by atoms with van der Waals surface area (Å²) in [5.41, 5.74) is 2.91. The molecule has 2 aliphatic rings. The van der Waals surface area contributed by atoms with Gasteiger partial charge in [0.25, 0.3) is 0 Å². The monoisotopic (exact) mass is 441 g/mol. The molecule has 1 aliphatic carbocycles. The molecule has 2 aromatic rings. The molecule has 3 heterocycles. The molecular weight excluding hydrogens is 406 g/mol. The van der Waals surface area contributed by atoms with Crippen molar-refractivity contribution in [3.8, 4) is 17.1 Å². The number of aromatic nitrogens is 4. The summed E-state index contributed by atoms with van der Waals surface area (Å²) in [6, 6.07) is 3.88. The molecule has 8 heteroatoms. The largest absolute Gasteiger partial charge is 0.489 e. The zero-order valence-electron chi connectivity index (χ0n) is 19.5. The van der Waals surface area contributed by atoms with E-state index in [2.05, 4.69) is 17.2 Å². The summed E-state index contributed by atoms with van der Waals surface area (Å²) < 4.78 is 13.5. The number of amides is 1. The lowest BCUT2D eigenvalue weighted by molar-refractivity contribution is 0.101. The van der Waals surface area contributed by atoms with Gasteiger partial charge in [-0.05, 0) is 63.5 Å². The van der Waals surface area contributed by atoms with Gasteiger partial charge in [0.05, 0.1) is 17.5 Å². The Hall–Kier alpha value is -2.64. The molecule has 0 radical (unpaired) electrons. The summed E-state index contributed by atoms with van der Waals surface area (Å²) in [7, 11) is 1.81. The van der Waals surface area contributed by atoms with Gasteiger partial charge in [0.15, 0.2) is 0 Å². The van der Waals surface area contributed by atoms with Crippen molar-refractivity contribution in [2.45, 2.75) is 77.9 Å². The summed E-state index contributed by atoms with van der Waals surface area (Å²) in [4.78, 5) is 19.1. The maximum atomic E-state index is 12.6. The van der Waals surface area contributed by atoms with Gasteiger partial charge < -0.3 is 14.4 Å². The molecule has 2 aromatic heterocycles. The van der Waals surface area contributed by atoms with E-state index in [0.29, 0.717) is 17.3 Å². The first-order valence-corrected chi connectivity index (χ1v) is 12.0. The van der Waals surface area contributed by atoms with E-state index in [1.165, 1.54) is 19.3 Å². The van der Waals surface area contributed by atoms with Gasteiger partial charge in [0.1, 0.15) is 23.7 Å². The molecule has 174 valence electrons. The van der Waals surface area contributed by atoms with Gasteiger partial charge in [-0.25, -0.2) is 14.5 Å². The highest BCUT2D eigenvalue weighted by molar-refractivity contribution is 5.68. The van der Waals surface area contributed by atoms with Crippen LogP contribution in [0.4, 0.5) is 4.79 Å². The van der Waals surface area contributed by atoms with E-state index in [1.807, 2.05) is 24.0 Å². The second-order valence-corrected chi connectivity index (χ2v) is 9.11. The molecule has 1 unspecified atom stereocenters. The standard InChI is InChI=1S/C24H35N5O3/c1-4-8-18-13-14-29(15-18)24(30)31-16-21-23(26-27-28(21)3)20-11-12-22(17(2)25-20)32-19-9-6-5-7-10-19/h11-12,18-19H,4-10,13-16H2,1-3H3. The molecule has 0 spiro atoms. The predicted molar refractivity (Wildman–Crippen MR) is 121 cm³/mol. The third-order valence-electron chi connectivity index (χ3n) is 6.64. The van der Waals surface area contributed by atoms with E-state index < -0.39 is 0 Å². The van der Waals surface area contributed by atoms with Crippen molar-refractivity contribution in [3.05, 3.63) is 23.5 Å². The Morgan fingerprint density at radius 1 is 1.19 bits per heavy atom. The Kier molecular flexibility index (Phi) is 7.27. The molecule has 1 saturated heterocycles. The van der Waals surface area contributed by atoms with Crippen molar-refractivity contribution in [1.29, 1.82) is 0 Å². The SMILES string of the molecule is CCCC1CCN(C(=O)OCc2c(-c3ccc(OC4CCCCC4)c(C)n3)nnn2C)C1. The van der Waals surface area contributed by atoms with Crippen molar-refractivity contribution in [2.24, 2.45) is 13.0 Å². The highest BCUT2D eigenvalue weighted by atomic mass is 16.6. The number of carbonyl (C=O) groups excluding carboxylic acids is 1. The maximum absolute atomic E-state index is 12.6. The Bertz CT molecular complexity index is 922. The van der Waals surface area contributed by atoms with Crippen molar-refractivity contribution in [3.63, 3.8) is 0 Å². The minimum Gasteiger partial charge on any atom is -0.489 e. The molecule has 2 fully saturated rings. The zero-order valence-corrected chi connectivity index (χ0v) is 19.5. The number of pyridine rings is 1. The van der Waals surface area contributed by atoms with Crippen molar-refractivity contribution in [1.82, 2.24) is 24.9 Å². The molecule has 1 atom stereocenters. The van der Waals surface area contributed by atoms with Crippen LogP contribution in [0.5, 0.6) is 5.75 Å². The number of hydrogen-bond acceptors (Lipinski definition) is 6. The molecule has 0 aromatic carbocycles. The summed E-state index contributed by atoms with van der Waals surface area (Å²) in [6.07, 6.45) is 9.35. The van der Waals surface area contributed by atoms with E-state index >= 15 is 0 Å². The van der Waals surface area contributed by atoms with Crippen LogP contribution in [0.3, 0.4) is 0 Å². The van der Waals surface area contributed by atoms with Gasteiger partial charge in [-0.3, -0.25) is 0 Å². The first kappa shape index (κ1) is 22.6. The normalized spacial score (nSPS) is 19.3. The second kappa shape index (κ2) is 10.3. The highest BCUT2D eigenvalue weighted by Crippen LogP contribution is 2.28. The van der Waals surface area contributed by atoms with Crippen LogP contribution < -0.4 is 4.74 Å². The lowest BCUT2D eigenvalue weighted by atomic mass is 9.98. The summed E-state index contributed by atoms with van der Waals surface area (Å²) in [5, 5.41) is 8.43. The first-order chi connectivity index (χ1) is 15.5. The molecule has 0 N–H and O–H groups in total. The average Bonchev–Trinajstić information content (AvgIpc) is 3.41. The summed E-state index contributed by atoms with van der Waals surface area (Å²) in [6.45, 7) is 5.81. The smallest absolute Gasteiger partial charge is 0.410 e. The molecule has 8 nitrogen and oxygen atoms in total. The summed E-state index contributed by atoms with van der Waals surface area (Å²) >= 11 is 0. The quantitative estimate of drug-likeness (QED) is 0.622. The van der Waals surface area contributed by atoms with E-state index in [4.69, 9.17) is 14.5 Å². The molecule has 4 rings (SSSR count). The fraction of sp³-hybridized carbons (Fsp3) is 0.667. The number of hydrogen-bond donors (Lipinski definition) is 0. The molecule has 1 saturated carbocycles. The topological polar surface area (TPSA) is 82.4 Å². The third-order valence-corrected chi connectivity index (χ3v) is 6.64. The number of likely N-dealkylation sites (tertiary alicyclic amines) is 1. The number of nitrogens with zero attached hydrogens (tertiary/aromatic N) is 5. The fourth-order valence-corrected chi connectivity index (χ4v) is 4.77. The van der Waals surface area contributed by atoms with Crippen molar-refractivity contribution in [2.75, 3.05) is 13.1 Å². The van der Waals surface area contributed by atoms with E-state index in [9.17, 15) is 4.79 Å². The van der Waals surface area contributed by atoms with Crippen LogP contribution in [-0.4, -0.2) is 50.2 Å². The van der Waals surface area contributed by atoms with E-state index in [-0.39, 0.29) is 18.8 Å². The van der Waals surface area contributed by atoms with Gasteiger partial charge in [-0.1, -0.05) is 25.0 Å².